The number of aryl methyl sites for hydroxylation is 1. The standard InChI is InChI=1S/C17H25NO/c1-14-12-15(19-2)6-7-16(14)18-11-10-17(13-18)8-4-3-5-9-17/h6-7,12H,3-5,8-11,13H2,1-2H3. The number of methoxy groups -OCH3 is 1. The molecule has 1 saturated carbocycles. The average Bonchev–Trinajstić information content (AvgIpc) is 2.83. The molecule has 2 fully saturated rings. The molecule has 0 amide bonds. The van der Waals surface area contributed by atoms with E-state index in [1.165, 1.54) is 62.9 Å². The van der Waals surface area contributed by atoms with E-state index in [1.54, 1.807) is 7.11 Å². The lowest BCUT2D eigenvalue weighted by molar-refractivity contribution is 0.219. The number of hydrogen-bond acceptors (Lipinski definition) is 2. The van der Waals surface area contributed by atoms with Gasteiger partial charge in [0.05, 0.1) is 7.11 Å². The first-order chi connectivity index (χ1) is 9.22. The summed E-state index contributed by atoms with van der Waals surface area (Å²) in [4.78, 5) is 2.60. The molecule has 0 unspecified atom stereocenters. The summed E-state index contributed by atoms with van der Waals surface area (Å²) >= 11 is 0. The molecular formula is C17H25NO. The molecule has 0 radical (unpaired) electrons. The lowest BCUT2D eigenvalue weighted by Gasteiger charge is -2.33. The molecular weight excluding hydrogens is 234 g/mol. The Hall–Kier alpha value is -1.18. The van der Waals surface area contributed by atoms with Crippen LogP contribution in [0.25, 0.3) is 0 Å². The minimum absolute atomic E-state index is 0.630. The molecule has 1 saturated heterocycles. The van der Waals surface area contributed by atoms with Crippen molar-refractivity contribution in [1.82, 2.24) is 0 Å². The van der Waals surface area contributed by atoms with Gasteiger partial charge in [0.1, 0.15) is 5.75 Å². The monoisotopic (exact) mass is 259 g/mol. The van der Waals surface area contributed by atoms with Crippen LogP contribution >= 0.6 is 0 Å². The van der Waals surface area contributed by atoms with Gasteiger partial charge in [0.15, 0.2) is 0 Å². The predicted octanol–water partition coefficient (Wildman–Crippen LogP) is 4.16. The van der Waals surface area contributed by atoms with Gasteiger partial charge in [0.25, 0.3) is 0 Å². The van der Waals surface area contributed by atoms with Gasteiger partial charge in [-0.1, -0.05) is 19.3 Å². The minimum Gasteiger partial charge on any atom is -0.497 e. The quantitative estimate of drug-likeness (QED) is 0.790. The maximum atomic E-state index is 5.30. The summed E-state index contributed by atoms with van der Waals surface area (Å²) in [6.07, 6.45) is 8.60. The van der Waals surface area contributed by atoms with E-state index in [9.17, 15) is 0 Å². The molecule has 104 valence electrons. The molecule has 2 heteroatoms. The SMILES string of the molecule is COc1ccc(N2CCC3(CCCCC3)C2)c(C)c1. The van der Waals surface area contributed by atoms with Gasteiger partial charge in [-0.3, -0.25) is 0 Å². The highest BCUT2D eigenvalue weighted by atomic mass is 16.5. The highest BCUT2D eigenvalue weighted by molar-refractivity contribution is 5.56. The molecule has 1 aliphatic carbocycles. The Morgan fingerprint density at radius 2 is 1.89 bits per heavy atom. The van der Waals surface area contributed by atoms with Crippen LogP contribution in [0.2, 0.25) is 0 Å². The molecule has 3 rings (SSSR count). The van der Waals surface area contributed by atoms with E-state index in [2.05, 4.69) is 30.0 Å². The lowest BCUT2D eigenvalue weighted by atomic mass is 9.73. The van der Waals surface area contributed by atoms with Crippen LogP contribution in [-0.2, 0) is 0 Å². The average molecular weight is 259 g/mol. The molecule has 1 spiro atoms. The molecule has 1 aromatic carbocycles. The third kappa shape index (κ3) is 2.45. The van der Waals surface area contributed by atoms with E-state index < -0.39 is 0 Å². The van der Waals surface area contributed by atoms with Crippen LogP contribution in [0.5, 0.6) is 5.75 Å². The summed E-state index contributed by atoms with van der Waals surface area (Å²) in [6.45, 7) is 4.69. The number of nitrogens with zero attached hydrogens (tertiary/aromatic N) is 1. The van der Waals surface area contributed by atoms with Gasteiger partial charge < -0.3 is 9.64 Å². The van der Waals surface area contributed by atoms with Gasteiger partial charge in [-0.25, -0.2) is 0 Å². The number of benzene rings is 1. The second-order valence-electron chi connectivity index (χ2n) is 6.38. The summed E-state index contributed by atoms with van der Waals surface area (Å²) in [7, 11) is 1.74. The summed E-state index contributed by atoms with van der Waals surface area (Å²) < 4.78 is 5.30. The maximum Gasteiger partial charge on any atom is 0.119 e. The predicted molar refractivity (Wildman–Crippen MR) is 80.1 cm³/mol. The van der Waals surface area contributed by atoms with Gasteiger partial charge in [0, 0.05) is 18.8 Å². The molecule has 1 heterocycles. The zero-order valence-electron chi connectivity index (χ0n) is 12.2. The first-order valence-corrected chi connectivity index (χ1v) is 7.62. The van der Waals surface area contributed by atoms with E-state index >= 15 is 0 Å². The van der Waals surface area contributed by atoms with Crippen molar-refractivity contribution in [3.63, 3.8) is 0 Å². The van der Waals surface area contributed by atoms with Gasteiger partial charge in [-0.2, -0.15) is 0 Å². The van der Waals surface area contributed by atoms with Gasteiger partial charge in [-0.15, -0.1) is 0 Å². The summed E-state index contributed by atoms with van der Waals surface area (Å²) in [5.41, 5.74) is 3.38. The smallest absolute Gasteiger partial charge is 0.119 e. The summed E-state index contributed by atoms with van der Waals surface area (Å²) in [5.74, 6) is 0.966. The minimum atomic E-state index is 0.630. The summed E-state index contributed by atoms with van der Waals surface area (Å²) in [5, 5.41) is 0. The van der Waals surface area contributed by atoms with E-state index in [0.29, 0.717) is 5.41 Å². The van der Waals surface area contributed by atoms with Crippen molar-refractivity contribution in [2.75, 3.05) is 25.1 Å². The largest absolute Gasteiger partial charge is 0.497 e. The fourth-order valence-electron chi connectivity index (χ4n) is 3.96. The van der Waals surface area contributed by atoms with Gasteiger partial charge >= 0.3 is 0 Å². The third-order valence-electron chi connectivity index (χ3n) is 5.10. The number of rotatable bonds is 2. The Kier molecular flexibility index (Phi) is 3.42. The first kappa shape index (κ1) is 12.8. The molecule has 1 aromatic rings. The van der Waals surface area contributed by atoms with E-state index in [0.717, 1.165) is 5.75 Å². The molecule has 0 aromatic heterocycles. The maximum absolute atomic E-state index is 5.30. The second kappa shape index (κ2) is 5.07. The topological polar surface area (TPSA) is 12.5 Å². The van der Waals surface area contributed by atoms with Crippen LogP contribution in [0.3, 0.4) is 0 Å². The van der Waals surface area contributed by atoms with Crippen molar-refractivity contribution in [3.05, 3.63) is 23.8 Å². The van der Waals surface area contributed by atoms with Crippen LogP contribution in [0, 0.1) is 12.3 Å². The van der Waals surface area contributed by atoms with Crippen molar-refractivity contribution >= 4 is 5.69 Å². The van der Waals surface area contributed by atoms with Crippen LogP contribution in [-0.4, -0.2) is 20.2 Å². The highest BCUT2D eigenvalue weighted by Gasteiger charge is 2.39. The second-order valence-corrected chi connectivity index (χ2v) is 6.38. The summed E-state index contributed by atoms with van der Waals surface area (Å²) in [6, 6.07) is 6.48. The Balaban J connectivity index is 1.77. The number of anilines is 1. The number of hydrogen-bond donors (Lipinski definition) is 0. The van der Waals surface area contributed by atoms with Crippen LogP contribution in [0.1, 0.15) is 44.1 Å². The first-order valence-electron chi connectivity index (χ1n) is 7.62. The van der Waals surface area contributed by atoms with E-state index in [-0.39, 0.29) is 0 Å². The molecule has 0 atom stereocenters. The Morgan fingerprint density at radius 1 is 1.11 bits per heavy atom. The highest BCUT2D eigenvalue weighted by Crippen LogP contribution is 2.45. The zero-order chi connectivity index (χ0) is 13.3. The molecule has 2 nitrogen and oxygen atoms in total. The lowest BCUT2D eigenvalue weighted by Crippen LogP contribution is -2.29. The molecule has 0 N–H and O–H groups in total. The molecule has 2 aliphatic rings. The van der Waals surface area contributed by atoms with Gasteiger partial charge in [-0.05, 0) is 55.4 Å². The molecule has 19 heavy (non-hydrogen) atoms. The van der Waals surface area contributed by atoms with Crippen molar-refractivity contribution < 1.29 is 4.74 Å². The zero-order valence-corrected chi connectivity index (χ0v) is 12.2. The Morgan fingerprint density at radius 3 is 2.58 bits per heavy atom. The Bertz CT molecular complexity index is 449. The third-order valence-corrected chi connectivity index (χ3v) is 5.10. The van der Waals surface area contributed by atoms with Crippen LogP contribution in [0.15, 0.2) is 18.2 Å². The van der Waals surface area contributed by atoms with Crippen molar-refractivity contribution in [2.45, 2.75) is 45.4 Å². The number of ether oxygens (including phenoxy) is 1. The van der Waals surface area contributed by atoms with Crippen molar-refractivity contribution in [2.24, 2.45) is 5.41 Å². The van der Waals surface area contributed by atoms with Crippen molar-refractivity contribution in [3.8, 4) is 5.75 Å². The molecule has 0 bridgehead atoms. The normalized spacial score (nSPS) is 21.9. The van der Waals surface area contributed by atoms with E-state index in [1.807, 2.05) is 0 Å². The van der Waals surface area contributed by atoms with Crippen LogP contribution < -0.4 is 9.64 Å². The van der Waals surface area contributed by atoms with Crippen LogP contribution in [0.4, 0.5) is 5.69 Å². The van der Waals surface area contributed by atoms with Gasteiger partial charge in [0.2, 0.25) is 0 Å². The Labute approximate surface area is 116 Å². The molecule has 1 aliphatic heterocycles. The van der Waals surface area contributed by atoms with E-state index in [4.69, 9.17) is 4.74 Å². The fraction of sp³-hybridized carbons (Fsp3) is 0.647. The van der Waals surface area contributed by atoms with Crippen molar-refractivity contribution in [1.29, 1.82) is 0 Å². The fourth-order valence-corrected chi connectivity index (χ4v) is 3.96.